The fourth-order valence-electron chi connectivity index (χ4n) is 1.27. The van der Waals surface area contributed by atoms with E-state index in [-0.39, 0.29) is 5.97 Å². The van der Waals surface area contributed by atoms with E-state index in [2.05, 4.69) is 0 Å². The summed E-state index contributed by atoms with van der Waals surface area (Å²) in [6.45, 7) is 3.83. The molecular weight excluding hydrogens is 204 g/mol. The molecule has 0 radical (unpaired) electrons. The molecule has 3 nitrogen and oxygen atoms in total. The van der Waals surface area contributed by atoms with Crippen molar-refractivity contribution in [1.82, 2.24) is 0 Å². The number of rotatable bonds is 4. The molecule has 1 aromatic rings. The number of carbonyl (C=O) groups excluding carboxylic acids is 2. The molecule has 0 atom stereocenters. The van der Waals surface area contributed by atoms with Crippen molar-refractivity contribution in [3.05, 3.63) is 41.0 Å². The highest BCUT2D eigenvalue weighted by Crippen LogP contribution is 2.10. The summed E-state index contributed by atoms with van der Waals surface area (Å²) in [5.74, 6) is -0.346. The van der Waals surface area contributed by atoms with Crippen molar-refractivity contribution in [3.63, 3.8) is 0 Å². The maximum atomic E-state index is 11.4. The Morgan fingerprint density at radius 2 is 2.19 bits per heavy atom. The molecular formula is C13H14O3. The van der Waals surface area contributed by atoms with Gasteiger partial charge in [-0.2, -0.15) is 0 Å². The van der Waals surface area contributed by atoms with Crippen LogP contribution in [0.3, 0.4) is 0 Å². The summed E-state index contributed by atoms with van der Waals surface area (Å²) in [7, 11) is 0. The standard InChI is InChI=1S/C13H14O3/c1-3-16-13(15)12-6-4-5-11(8-12)7-10(2)9-14/h4-9H,3H2,1-2H3/b10-7+. The fraction of sp³-hybridized carbons (Fsp3) is 0.231. The average Bonchev–Trinajstić information content (AvgIpc) is 2.29. The van der Waals surface area contributed by atoms with Crippen molar-refractivity contribution in [3.8, 4) is 0 Å². The summed E-state index contributed by atoms with van der Waals surface area (Å²) in [6, 6.07) is 6.97. The molecule has 0 bridgehead atoms. The van der Waals surface area contributed by atoms with Crippen LogP contribution < -0.4 is 0 Å². The van der Waals surface area contributed by atoms with Gasteiger partial charge in [-0.15, -0.1) is 0 Å². The number of hydrogen-bond acceptors (Lipinski definition) is 3. The Labute approximate surface area is 94.7 Å². The molecule has 0 aliphatic rings. The topological polar surface area (TPSA) is 43.4 Å². The zero-order valence-electron chi connectivity index (χ0n) is 9.40. The minimum atomic E-state index is -0.346. The number of allylic oxidation sites excluding steroid dienone is 1. The van der Waals surface area contributed by atoms with Gasteiger partial charge in [0.05, 0.1) is 12.2 Å². The van der Waals surface area contributed by atoms with Crippen molar-refractivity contribution in [2.75, 3.05) is 6.61 Å². The van der Waals surface area contributed by atoms with Gasteiger partial charge in [0.2, 0.25) is 0 Å². The summed E-state index contributed by atoms with van der Waals surface area (Å²) < 4.78 is 4.89. The zero-order valence-corrected chi connectivity index (χ0v) is 9.40. The van der Waals surface area contributed by atoms with E-state index in [1.165, 1.54) is 0 Å². The van der Waals surface area contributed by atoms with Crippen molar-refractivity contribution in [1.29, 1.82) is 0 Å². The highest BCUT2D eigenvalue weighted by atomic mass is 16.5. The van der Waals surface area contributed by atoms with Crippen molar-refractivity contribution in [2.45, 2.75) is 13.8 Å². The molecule has 0 aliphatic carbocycles. The summed E-state index contributed by atoms with van der Waals surface area (Å²) >= 11 is 0. The monoisotopic (exact) mass is 218 g/mol. The Morgan fingerprint density at radius 3 is 2.81 bits per heavy atom. The van der Waals surface area contributed by atoms with Crippen molar-refractivity contribution in [2.24, 2.45) is 0 Å². The SMILES string of the molecule is CCOC(=O)c1cccc(/C=C(\C)C=O)c1. The second-order valence-corrected chi connectivity index (χ2v) is 3.35. The van der Waals surface area contributed by atoms with E-state index >= 15 is 0 Å². The first kappa shape index (κ1) is 12.2. The van der Waals surface area contributed by atoms with Crippen LogP contribution >= 0.6 is 0 Å². The van der Waals surface area contributed by atoms with Gasteiger partial charge in [-0.1, -0.05) is 12.1 Å². The first-order chi connectivity index (χ1) is 7.67. The van der Waals surface area contributed by atoms with Crippen LogP contribution in [0.5, 0.6) is 0 Å². The molecule has 3 heteroatoms. The van der Waals surface area contributed by atoms with E-state index < -0.39 is 0 Å². The predicted molar refractivity (Wildman–Crippen MR) is 62.1 cm³/mol. The summed E-state index contributed by atoms with van der Waals surface area (Å²) in [5.41, 5.74) is 1.92. The van der Waals surface area contributed by atoms with Crippen LogP contribution in [0, 0.1) is 0 Å². The lowest BCUT2D eigenvalue weighted by atomic mass is 10.1. The second-order valence-electron chi connectivity index (χ2n) is 3.35. The molecule has 0 saturated heterocycles. The third-order valence-electron chi connectivity index (χ3n) is 1.98. The predicted octanol–water partition coefficient (Wildman–Crippen LogP) is 2.47. The van der Waals surface area contributed by atoms with Gasteiger partial charge in [-0.25, -0.2) is 4.79 Å². The smallest absolute Gasteiger partial charge is 0.338 e. The number of esters is 1. The molecule has 1 aromatic carbocycles. The third-order valence-corrected chi connectivity index (χ3v) is 1.98. The van der Waals surface area contributed by atoms with Gasteiger partial charge in [0.25, 0.3) is 0 Å². The van der Waals surface area contributed by atoms with E-state index in [1.54, 1.807) is 38.1 Å². The van der Waals surface area contributed by atoms with Crippen LogP contribution in [0.1, 0.15) is 29.8 Å². The van der Waals surface area contributed by atoms with E-state index in [9.17, 15) is 9.59 Å². The van der Waals surface area contributed by atoms with Crippen LogP contribution in [-0.4, -0.2) is 18.9 Å². The maximum absolute atomic E-state index is 11.4. The van der Waals surface area contributed by atoms with E-state index in [4.69, 9.17) is 4.74 Å². The Kier molecular flexibility index (Phi) is 4.45. The zero-order chi connectivity index (χ0) is 12.0. The van der Waals surface area contributed by atoms with E-state index in [0.29, 0.717) is 17.7 Å². The number of carbonyl (C=O) groups is 2. The highest BCUT2D eigenvalue weighted by molar-refractivity contribution is 5.90. The van der Waals surface area contributed by atoms with Crippen LogP contribution in [0.4, 0.5) is 0 Å². The van der Waals surface area contributed by atoms with Gasteiger partial charge in [-0.3, -0.25) is 4.79 Å². The molecule has 0 fully saturated rings. The Bertz CT molecular complexity index is 419. The summed E-state index contributed by atoms with van der Waals surface area (Å²) in [5, 5.41) is 0. The lowest BCUT2D eigenvalue weighted by molar-refractivity contribution is -0.104. The first-order valence-electron chi connectivity index (χ1n) is 5.08. The van der Waals surface area contributed by atoms with E-state index in [0.717, 1.165) is 11.8 Å². The normalized spacial score (nSPS) is 11.0. The lowest BCUT2D eigenvalue weighted by Gasteiger charge is -2.02. The van der Waals surface area contributed by atoms with Gasteiger partial charge in [0, 0.05) is 0 Å². The van der Waals surface area contributed by atoms with Crippen LogP contribution in [-0.2, 0) is 9.53 Å². The van der Waals surface area contributed by atoms with Crippen LogP contribution in [0.2, 0.25) is 0 Å². The number of aldehydes is 1. The van der Waals surface area contributed by atoms with Gasteiger partial charge < -0.3 is 4.74 Å². The molecule has 0 saturated carbocycles. The van der Waals surface area contributed by atoms with Gasteiger partial charge >= 0.3 is 5.97 Å². The van der Waals surface area contributed by atoms with Crippen molar-refractivity contribution >= 4 is 18.3 Å². The Morgan fingerprint density at radius 1 is 1.44 bits per heavy atom. The minimum absolute atomic E-state index is 0.346. The Hall–Kier alpha value is -1.90. The highest BCUT2D eigenvalue weighted by Gasteiger charge is 2.05. The molecule has 16 heavy (non-hydrogen) atoms. The van der Waals surface area contributed by atoms with Gasteiger partial charge in [0.1, 0.15) is 6.29 Å². The first-order valence-corrected chi connectivity index (χ1v) is 5.08. The number of hydrogen-bond donors (Lipinski definition) is 0. The third kappa shape index (κ3) is 3.35. The molecule has 0 aromatic heterocycles. The van der Waals surface area contributed by atoms with Gasteiger partial charge in [-0.05, 0) is 43.2 Å². The van der Waals surface area contributed by atoms with Crippen LogP contribution in [0.15, 0.2) is 29.8 Å². The Balaban J connectivity index is 2.95. The molecule has 0 heterocycles. The largest absolute Gasteiger partial charge is 0.462 e. The summed E-state index contributed by atoms with van der Waals surface area (Å²) in [6.07, 6.45) is 2.49. The lowest BCUT2D eigenvalue weighted by Crippen LogP contribution is -2.04. The van der Waals surface area contributed by atoms with Gasteiger partial charge in [0.15, 0.2) is 0 Å². The van der Waals surface area contributed by atoms with E-state index in [1.807, 2.05) is 6.07 Å². The maximum Gasteiger partial charge on any atom is 0.338 e. The summed E-state index contributed by atoms with van der Waals surface area (Å²) in [4.78, 5) is 21.9. The fourth-order valence-corrected chi connectivity index (χ4v) is 1.27. The molecule has 0 spiro atoms. The number of ether oxygens (including phenoxy) is 1. The molecule has 0 amide bonds. The average molecular weight is 218 g/mol. The molecule has 0 unspecified atom stereocenters. The van der Waals surface area contributed by atoms with Crippen LogP contribution in [0.25, 0.3) is 6.08 Å². The quantitative estimate of drug-likeness (QED) is 0.443. The van der Waals surface area contributed by atoms with Crippen molar-refractivity contribution < 1.29 is 14.3 Å². The molecule has 0 N–H and O–H groups in total. The minimum Gasteiger partial charge on any atom is -0.462 e. The number of benzene rings is 1. The molecule has 0 aliphatic heterocycles. The second kappa shape index (κ2) is 5.85. The molecule has 84 valence electrons. The molecule has 1 rings (SSSR count).